The summed E-state index contributed by atoms with van der Waals surface area (Å²) < 4.78 is 5.91. The number of ether oxygens (including phenoxy) is 1. The van der Waals surface area contributed by atoms with Gasteiger partial charge in [0.25, 0.3) is 5.91 Å². The predicted molar refractivity (Wildman–Crippen MR) is 112 cm³/mol. The average Bonchev–Trinajstić information content (AvgIpc) is 3.20. The van der Waals surface area contributed by atoms with E-state index < -0.39 is 0 Å². The molecule has 28 heavy (non-hydrogen) atoms. The zero-order valence-corrected chi connectivity index (χ0v) is 16.7. The molecule has 2 heterocycles. The van der Waals surface area contributed by atoms with Gasteiger partial charge in [0.15, 0.2) is 0 Å². The number of carbonyl (C=O) groups excluding carboxylic acids is 1. The summed E-state index contributed by atoms with van der Waals surface area (Å²) in [4.78, 5) is 16.5. The molecular weight excluding hydrogens is 352 g/mol. The molecule has 0 saturated carbocycles. The van der Waals surface area contributed by atoms with Crippen molar-refractivity contribution in [3.05, 3.63) is 53.9 Å². The molecular formula is C22H30N4O2. The minimum Gasteiger partial charge on any atom is -0.493 e. The number of amides is 1. The van der Waals surface area contributed by atoms with Crippen molar-refractivity contribution in [2.75, 3.05) is 31.6 Å². The van der Waals surface area contributed by atoms with Gasteiger partial charge in [0.05, 0.1) is 12.2 Å². The van der Waals surface area contributed by atoms with Gasteiger partial charge in [-0.2, -0.15) is 0 Å². The van der Waals surface area contributed by atoms with E-state index in [0.29, 0.717) is 24.0 Å². The highest BCUT2D eigenvalue weighted by Crippen LogP contribution is 2.22. The number of carbonyl (C=O) groups is 1. The molecule has 6 heteroatoms. The lowest BCUT2D eigenvalue weighted by Crippen LogP contribution is -2.24. The van der Waals surface area contributed by atoms with Crippen molar-refractivity contribution < 1.29 is 9.53 Å². The van der Waals surface area contributed by atoms with Gasteiger partial charge < -0.3 is 20.7 Å². The number of aromatic nitrogens is 1. The maximum Gasteiger partial charge on any atom is 0.257 e. The smallest absolute Gasteiger partial charge is 0.257 e. The van der Waals surface area contributed by atoms with Crippen molar-refractivity contribution in [3.63, 3.8) is 0 Å². The third-order valence-corrected chi connectivity index (χ3v) is 4.66. The van der Waals surface area contributed by atoms with Crippen LogP contribution in [0, 0.1) is 11.8 Å². The van der Waals surface area contributed by atoms with Crippen LogP contribution in [0.4, 0.5) is 5.69 Å². The van der Waals surface area contributed by atoms with E-state index in [1.165, 1.54) is 6.42 Å². The van der Waals surface area contributed by atoms with Gasteiger partial charge >= 0.3 is 0 Å². The maximum atomic E-state index is 12.5. The van der Waals surface area contributed by atoms with Crippen LogP contribution in [0.15, 0.2) is 42.7 Å². The van der Waals surface area contributed by atoms with Gasteiger partial charge in [0.1, 0.15) is 5.75 Å². The molecule has 0 spiro atoms. The van der Waals surface area contributed by atoms with E-state index in [2.05, 4.69) is 34.8 Å². The van der Waals surface area contributed by atoms with E-state index in [0.717, 1.165) is 43.2 Å². The number of pyridine rings is 1. The first kappa shape index (κ1) is 20.3. The molecule has 1 amide bonds. The standard InChI is InChI=1S/C22H30N4O2/c1-16(2)15-28-21-9-18(13-25-12-17-5-7-24-11-17)8-20(10-21)26-22(27)19-4-3-6-23-14-19/h3-4,6,8-10,14,16-17,24-25H,5,7,11-13,15H2,1-2H3,(H,26,27). The quantitative estimate of drug-likeness (QED) is 0.621. The lowest BCUT2D eigenvalue weighted by molar-refractivity contribution is 0.102. The van der Waals surface area contributed by atoms with Gasteiger partial charge in [-0.3, -0.25) is 9.78 Å². The van der Waals surface area contributed by atoms with Crippen LogP contribution in [0.5, 0.6) is 5.75 Å². The number of hydrogen-bond acceptors (Lipinski definition) is 5. The Bertz CT molecular complexity index is 758. The predicted octanol–water partition coefficient (Wildman–Crippen LogP) is 3.07. The molecule has 1 atom stereocenters. The fraction of sp³-hybridized carbons (Fsp3) is 0.455. The Kier molecular flexibility index (Phi) is 7.39. The largest absolute Gasteiger partial charge is 0.493 e. The third kappa shape index (κ3) is 6.32. The minimum atomic E-state index is -0.176. The van der Waals surface area contributed by atoms with Crippen molar-refractivity contribution in [3.8, 4) is 5.75 Å². The molecule has 1 unspecified atom stereocenters. The molecule has 0 bridgehead atoms. The molecule has 6 nitrogen and oxygen atoms in total. The van der Waals surface area contributed by atoms with E-state index in [1.54, 1.807) is 24.5 Å². The van der Waals surface area contributed by atoms with Crippen LogP contribution in [-0.4, -0.2) is 37.1 Å². The van der Waals surface area contributed by atoms with Crippen LogP contribution in [0.1, 0.15) is 36.2 Å². The summed E-state index contributed by atoms with van der Waals surface area (Å²) >= 11 is 0. The Hall–Kier alpha value is -2.44. The first-order valence-electron chi connectivity index (χ1n) is 9.99. The summed E-state index contributed by atoms with van der Waals surface area (Å²) in [6.07, 6.45) is 4.43. The number of benzene rings is 1. The van der Waals surface area contributed by atoms with E-state index >= 15 is 0 Å². The summed E-state index contributed by atoms with van der Waals surface area (Å²) in [6.45, 7) is 8.79. The Balaban J connectivity index is 1.67. The van der Waals surface area contributed by atoms with Crippen LogP contribution in [0.2, 0.25) is 0 Å². The first-order valence-corrected chi connectivity index (χ1v) is 9.99. The zero-order chi connectivity index (χ0) is 19.8. The molecule has 3 N–H and O–H groups in total. The van der Waals surface area contributed by atoms with E-state index in [1.807, 2.05) is 18.2 Å². The van der Waals surface area contributed by atoms with Gasteiger partial charge in [-0.1, -0.05) is 13.8 Å². The first-order chi connectivity index (χ1) is 13.6. The zero-order valence-electron chi connectivity index (χ0n) is 16.7. The number of rotatable bonds is 9. The topological polar surface area (TPSA) is 75.3 Å². The molecule has 150 valence electrons. The number of anilines is 1. The monoisotopic (exact) mass is 382 g/mol. The molecule has 1 aromatic heterocycles. The maximum absolute atomic E-state index is 12.5. The third-order valence-electron chi connectivity index (χ3n) is 4.66. The van der Waals surface area contributed by atoms with Crippen molar-refractivity contribution in [2.24, 2.45) is 11.8 Å². The Labute approximate surface area is 167 Å². The molecule has 0 radical (unpaired) electrons. The van der Waals surface area contributed by atoms with Gasteiger partial charge in [0, 0.05) is 30.7 Å². The summed E-state index contributed by atoms with van der Waals surface area (Å²) in [5.74, 6) is 1.72. The van der Waals surface area contributed by atoms with Gasteiger partial charge in [0.2, 0.25) is 0 Å². The normalized spacial score (nSPS) is 16.3. The molecule has 0 aliphatic carbocycles. The van der Waals surface area contributed by atoms with Gasteiger partial charge in [-0.25, -0.2) is 0 Å². The van der Waals surface area contributed by atoms with Gasteiger partial charge in [-0.15, -0.1) is 0 Å². The number of nitrogens with one attached hydrogen (secondary N) is 3. The van der Waals surface area contributed by atoms with E-state index in [4.69, 9.17) is 4.74 Å². The summed E-state index contributed by atoms with van der Waals surface area (Å²) in [5, 5.41) is 9.88. The van der Waals surface area contributed by atoms with Crippen molar-refractivity contribution in [2.45, 2.75) is 26.8 Å². The van der Waals surface area contributed by atoms with Crippen LogP contribution in [-0.2, 0) is 6.54 Å². The highest BCUT2D eigenvalue weighted by Gasteiger charge is 2.14. The molecule has 1 aliphatic heterocycles. The summed E-state index contributed by atoms with van der Waals surface area (Å²) in [7, 11) is 0. The molecule has 1 aromatic carbocycles. The SMILES string of the molecule is CC(C)COc1cc(CNCC2CCNC2)cc(NC(=O)c2cccnc2)c1. The number of hydrogen-bond donors (Lipinski definition) is 3. The molecule has 1 fully saturated rings. The Morgan fingerprint density at radius 3 is 2.96 bits per heavy atom. The second-order valence-electron chi connectivity index (χ2n) is 7.76. The van der Waals surface area contributed by atoms with Gasteiger partial charge in [-0.05, 0) is 67.7 Å². The fourth-order valence-corrected chi connectivity index (χ4v) is 3.19. The Morgan fingerprint density at radius 2 is 2.25 bits per heavy atom. The molecule has 1 aliphatic rings. The minimum absolute atomic E-state index is 0.176. The second kappa shape index (κ2) is 10.2. The lowest BCUT2D eigenvalue weighted by atomic mass is 10.1. The van der Waals surface area contributed by atoms with Crippen molar-refractivity contribution in [1.82, 2.24) is 15.6 Å². The van der Waals surface area contributed by atoms with Crippen LogP contribution >= 0.6 is 0 Å². The van der Waals surface area contributed by atoms with Crippen LogP contribution < -0.4 is 20.7 Å². The van der Waals surface area contributed by atoms with Crippen LogP contribution in [0.3, 0.4) is 0 Å². The molecule has 1 saturated heterocycles. The fourth-order valence-electron chi connectivity index (χ4n) is 3.19. The molecule has 3 rings (SSSR count). The number of nitrogens with zero attached hydrogens (tertiary/aromatic N) is 1. The van der Waals surface area contributed by atoms with Crippen molar-refractivity contribution >= 4 is 11.6 Å². The van der Waals surface area contributed by atoms with E-state index in [9.17, 15) is 4.79 Å². The lowest BCUT2D eigenvalue weighted by Gasteiger charge is -2.15. The highest BCUT2D eigenvalue weighted by atomic mass is 16.5. The van der Waals surface area contributed by atoms with Crippen molar-refractivity contribution in [1.29, 1.82) is 0 Å². The highest BCUT2D eigenvalue weighted by molar-refractivity contribution is 6.04. The summed E-state index contributed by atoms with van der Waals surface area (Å²) in [6, 6.07) is 9.42. The Morgan fingerprint density at radius 1 is 1.36 bits per heavy atom. The summed E-state index contributed by atoms with van der Waals surface area (Å²) in [5.41, 5.74) is 2.35. The second-order valence-corrected chi connectivity index (χ2v) is 7.76. The van der Waals surface area contributed by atoms with E-state index in [-0.39, 0.29) is 5.91 Å². The molecule has 2 aromatic rings. The van der Waals surface area contributed by atoms with Crippen LogP contribution in [0.25, 0.3) is 0 Å². The average molecular weight is 383 g/mol.